The Hall–Kier alpha value is 0.01000. The molecule has 9 heavy (non-hydrogen) atoms. The first kappa shape index (κ1) is 9.01. The summed E-state index contributed by atoms with van der Waals surface area (Å²) in [7, 11) is -3.31. The lowest BCUT2D eigenvalue weighted by atomic mass is 11.2. The van der Waals surface area contributed by atoms with Gasteiger partial charge in [-0.25, -0.2) is 8.42 Å². The van der Waals surface area contributed by atoms with Crippen LogP contribution < -0.4 is 0 Å². The van der Waals surface area contributed by atoms with Crippen LogP contribution in [0.2, 0.25) is 0 Å². The number of sulfone groups is 1. The molecule has 0 saturated heterocycles. The van der Waals surface area contributed by atoms with Crippen LogP contribution in [0.5, 0.6) is 0 Å². The van der Waals surface area contributed by atoms with Crippen LogP contribution in [-0.4, -0.2) is 8.42 Å². The first-order chi connectivity index (χ1) is 4.12. The van der Waals surface area contributed by atoms with Gasteiger partial charge in [0, 0.05) is 21.9 Å². The van der Waals surface area contributed by atoms with Gasteiger partial charge in [-0.2, -0.15) is 0 Å². The van der Waals surface area contributed by atoms with Crippen molar-refractivity contribution in [3.63, 3.8) is 0 Å². The van der Waals surface area contributed by atoms with Crippen molar-refractivity contribution >= 4 is 33.0 Å². The summed E-state index contributed by atoms with van der Waals surface area (Å²) >= 11 is 9.97. The van der Waals surface area contributed by atoms with Gasteiger partial charge in [0.1, 0.15) is 0 Å². The summed E-state index contributed by atoms with van der Waals surface area (Å²) in [5, 5.41) is 1.68. The molecule has 0 unspecified atom stereocenters. The van der Waals surface area contributed by atoms with E-state index in [1.54, 1.807) is 0 Å². The Morgan fingerprint density at radius 2 is 1.33 bits per heavy atom. The minimum atomic E-state index is -3.31. The van der Waals surface area contributed by atoms with E-state index < -0.39 is 9.84 Å². The highest BCUT2D eigenvalue weighted by molar-refractivity contribution is 7.97. The molecule has 2 nitrogen and oxygen atoms in total. The monoisotopic (exact) mass is 186 g/mol. The number of rotatable bonds is 2. The number of hydrogen-bond donors (Lipinski definition) is 0. The zero-order chi connectivity index (χ0) is 7.33. The van der Waals surface area contributed by atoms with Crippen molar-refractivity contribution in [3.8, 4) is 0 Å². The van der Waals surface area contributed by atoms with Gasteiger partial charge in [-0.1, -0.05) is 23.2 Å². The molecular weight excluding hydrogens is 183 g/mol. The third-order valence-corrected chi connectivity index (χ3v) is 2.06. The molecular formula is C4H4Cl2O2S. The summed E-state index contributed by atoms with van der Waals surface area (Å²) in [6.07, 6.45) is 0. The van der Waals surface area contributed by atoms with E-state index in [0.717, 1.165) is 21.9 Å². The summed E-state index contributed by atoms with van der Waals surface area (Å²) in [5.74, 6) is 0. The molecule has 0 aromatic heterocycles. The molecule has 0 aliphatic rings. The van der Waals surface area contributed by atoms with E-state index in [1.807, 2.05) is 0 Å². The Labute approximate surface area is 63.7 Å². The van der Waals surface area contributed by atoms with Crippen molar-refractivity contribution in [2.24, 2.45) is 0 Å². The van der Waals surface area contributed by atoms with Gasteiger partial charge < -0.3 is 0 Å². The predicted molar refractivity (Wildman–Crippen MR) is 38.9 cm³/mol. The maximum absolute atomic E-state index is 10.5. The van der Waals surface area contributed by atoms with Crippen molar-refractivity contribution in [1.29, 1.82) is 0 Å². The SMILES string of the molecule is O=S(=O)(/C=C\Cl)/C=C\Cl. The van der Waals surface area contributed by atoms with E-state index in [4.69, 9.17) is 23.2 Å². The van der Waals surface area contributed by atoms with Crippen molar-refractivity contribution in [3.05, 3.63) is 21.9 Å². The second-order valence-electron chi connectivity index (χ2n) is 1.11. The van der Waals surface area contributed by atoms with Crippen LogP contribution in [0.25, 0.3) is 0 Å². The fraction of sp³-hybridized carbons (Fsp3) is 0. The molecule has 0 aliphatic carbocycles. The third-order valence-electron chi connectivity index (χ3n) is 0.482. The van der Waals surface area contributed by atoms with Gasteiger partial charge in [0.15, 0.2) is 9.84 Å². The molecule has 0 atom stereocenters. The average molecular weight is 187 g/mol. The lowest BCUT2D eigenvalue weighted by molar-refractivity contribution is 0.612. The highest BCUT2D eigenvalue weighted by Crippen LogP contribution is 1.96. The summed E-state index contributed by atoms with van der Waals surface area (Å²) in [6, 6.07) is 0. The normalized spacial score (nSPS) is 13.6. The first-order valence-electron chi connectivity index (χ1n) is 1.91. The lowest BCUT2D eigenvalue weighted by Crippen LogP contribution is -1.85. The Balaban J connectivity index is 4.42. The van der Waals surface area contributed by atoms with E-state index in [0.29, 0.717) is 0 Å². The zero-order valence-electron chi connectivity index (χ0n) is 4.29. The first-order valence-corrected chi connectivity index (χ1v) is 4.39. The highest BCUT2D eigenvalue weighted by Gasteiger charge is 1.95. The van der Waals surface area contributed by atoms with Crippen LogP contribution in [0.1, 0.15) is 0 Å². The fourth-order valence-electron chi connectivity index (χ4n) is 0.189. The molecule has 0 saturated carbocycles. The smallest absolute Gasteiger partial charge is 0.194 e. The van der Waals surface area contributed by atoms with Gasteiger partial charge >= 0.3 is 0 Å². The molecule has 0 rings (SSSR count). The summed E-state index contributed by atoms with van der Waals surface area (Å²) < 4.78 is 21.0. The molecule has 0 fully saturated rings. The van der Waals surface area contributed by atoms with Gasteiger partial charge in [0.05, 0.1) is 0 Å². The minimum Gasteiger partial charge on any atom is -0.220 e. The largest absolute Gasteiger partial charge is 0.220 e. The van der Waals surface area contributed by atoms with Crippen molar-refractivity contribution in [2.45, 2.75) is 0 Å². The maximum atomic E-state index is 10.5. The standard InChI is InChI=1S/C4H4Cl2O2S/c5-1-3-9(7,8)4-2-6/h1-4H/b3-1-,4-2-. The van der Waals surface area contributed by atoms with Crippen LogP contribution in [0.3, 0.4) is 0 Å². The molecule has 0 amide bonds. The van der Waals surface area contributed by atoms with Crippen LogP contribution in [-0.2, 0) is 9.84 Å². The van der Waals surface area contributed by atoms with Gasteiger partial charge in [0.2, 0.25) is 0 Å². The predicted octanol–water partition coefficient (Wildman–Crippen LogP) is 1.82. The second kappa shape index (κ2) is 3.93. The number of hydrogen-bond acceptors (Lipinski definition) is 2. The molecule has 0 aliphatic heterocycles. The zero-order valence-corrected chi connectivity index (χ0v) is 6.62. The van der Waals surface area contributed by atoms with Crippen molar-refractivity contribution < 1.29 is 8.42 Å². The third kappa shape index (κ3) is 4.51. The molecule has 0 aromatic rings. The van der Waals surface area contributed by atoms with Crippen molar-refractivity contribution in [2.75, 3.05) is 0 Å². The summed E-state index contributed by atoms with van der Waals surface area (Å²) in [5.41, 5.74) is 1.82. The molecule has 0 bridgehead atoms. The van der Waals surface area contributed by atoms with E-state index in [-0.39, 0.29) is 0 Å². The van der Waals surface area contributed by atoms with Crippen LogP contribution in [0, 0.1) is 0 Å². The van der Waals surface area contributed by atoms with Gasteiger partial charge in [-0.15, -0.1) is 0 Å². The Kier molecular flexibility index (Phi) is 3.93. The Bertz CT molecular complexity index is 197. The van der Waals surface area contributed by atoms with Crippen LogP contribution >= 0.6 is 23.2 Å². The maximum Gasteiger partial charge on any atom is 0.194 e. The topological polar surface area (TPSA) is 34.1 Å². The number of halogens is 2. The Morgan fingerprint density at radius 1 is 1.00 bits per heavy atom. The van der Waals surface area contributed by atoms with E-state index in [9.17, 15) is 8.42 Å². The minimum absolute atomic E-state index is 0.841. The molecule has 0 radical (unpaired) electrons. The lowest BCUT2D eigenvalue weighted by Gasteiger charge is -1.81. The average Bonchev–Trinajstić information content (AvgIpc) is 1.64. The van der Waals surface area contributed by atoms with Crippen molar-refractivity contribution in [1.82, 2.24) is 0 Å². The van der Waals surface area contributed by atoms with Gasteiger partial charge in [-0.05, 0) is 0 Å². The van der Waals surface area contributed by atoms with Crippen LogP contribution in [0.15, 0.2) is 21.9 Å². The highest BCUT2D eigenvalue weighted by atomic mass is 35.5. The summed E-state index contributed by atoms with van der Waals surface area (Å²) in [6.45, 7) is 0. The molecule has 0 N–H and O–H groups in total. The summed E-state index contributed by atoms with van der Waals surface area (Å²) in [4.78, 5) is 0. The van der Waals surface area contributed by atoms with Gasteiger partial charge in [0.25, 0.3) is 0 Å². The molecule has 0 spiro atoms. The van der Waals surface area contributed by atoms with E-state index in [1.165, 1.54) is 0 Å². The second-order valence-corrected chi connectivity index (χ2v) is 3.34. The van der Waals surface area contributed by atoms with E-state index in [2.05, 4.69) is 0 Å². The van der Waals surface area contributed by atoms with E-state index >= 15 is 0 Å². The van der Waals surface area contributed by atoms with Crippen LogP contribution in [0.4, 0.5) is 0 Å². The molecule has 52 valence electrons. The fourth-order valence-corrected chi connectivity index (χ4v) is 1.43. The molecule has 0 heterocycles. The Morgan fingerprint density at radius 3 is 1.56 bits per heavy atom. The van der Waals surface area contributed by atoms with Gasteiger partial charge in [-0.3, -0.25) is 0 Å². The quantitative estimate of drug-likeness (QED) is 0.660. The molecule has 0 aromatic carbocycles. The molecule has 5 heteroatoms.